The molecule has 0 N–H and O–H groups in total. The summed E-state index contributed by atoms with van der Waals surface area (Å²) in [6.45, 7) is 6.10. The van der Waals surface area contributed by atoms with E-state index in [-0.39, 0.29) is 38.0 Å². The molecule has 1 unspecified atom stereocenters. The first-order valence-corrected chi connectivity index (χ1v) is 22.3. The number of unbranched alkanes of at least 4 members (excludes halogenated alkanes) is 11. The number of allylic oxidation sites excluding steroid dienone is 22. The summed E-state index contributed by atoms with van der Waals surface area (Å²) >= 11 is 0. The Bertz CT molecular complexity index is 1330. The maximum atomic E-state index is 12.7. The standard InChI is InChI=1S/C52H78O6/c1-4-7-10-13-16-19-22-25-28-30-33-36-39-42-45-51(54)57-48-49(58-52(55)46-43-40-37-34-31-27-24-21-18-15-12-9-6-3)47-56-50(53)44-41-38-35-32-29-26-23-20-17-14-11-8-5-2/h7-12,14-21,23-24,26-27,29,31,34,37,49H,4-6,13,22,25,28,30,32-33,35-36,38-48H2,1-3H3/b10-7+,11-8+,12-9+,17-14+,18-15+,19-16+,23-20+,24-21+,29-26+,31-27+,37-34+. The van der Waals surface area contributed by atoms with Gasteiger partial charge in [0.1, 0.15) is 13.2 Å². The van der Waals surface area contributed by atoms with Crippen molar-refractivity contribution in [3.63, 3.8) is 0 Å². The topological polar surface area (TPSA) is 78.9 Å². The van der Waals surface area contributed by atoms with Gasteiger partial charge < -0.3 is 14.2 Å². The molecule has 0 aliphatic heterocycles. The molecule has 0 saturated carbocycles. The van der Waals surface area contributed by atoms with Crippen LogP contribution in [0.2, 0.25) is 0 Å². The molecule has 0 radical (unpaired) electrons. The molecule has 0 aromatic rings. The van der Waals surface area contributed by atoms with Crippen LogP contribution in [0.1, 0.15) is 156 Å². The lowest BCUT2D eigenvalue weighted by atomic mass is 10.1. The van der Waals surface area contributed by atoms with Crippen molar-refractivity contribution in [2.24, 2.45) is 0 Å². The summed E-state index contributed by atoms with van der Waals surface area (Å²) in [5.74, 6) is -1.07. The monoisotopic (exact) mass is 799 g/mol. The quantitative estimate of drug-likeness (QED) is 0.0205. The maximum Gasteiger partial charge on any atom is 0.306 e. The van der Waals surface area contributed by atoms with Crippen molar-refractivity contribution < 1.29 is 28.6 Å². The Hall–Kier alpha value is -4.45. The molecular formula is C52H78O6. The third-order valence-electron chi connectivity index (χ3n) is 8.60. The molecule has 0 saturated heterocycles. The largest absolute Gasteiger partial charge is 0.462 e. The third kappa shape index (κ3) is 42.7. The Balaban J connectivity index is 4.61. The van der Waals surface area contributed by atoms with Gasteiger partial charge in [-0.15, -0.1) is 0 Å². The fourth-order valence-electron chi connectivity index (χ4n) is 5.34. The number of rotatable bonds is 37. The van der Waals surface area contributed by atoms with E-state index >= 15 is 0 Å². The van der Waals surface area contributed by atoms with E-state index in [1.807, 2.05) is 91.1 Å². The molecule has 0 aliphatic carbocycles. The van der Waals surface area contributed by atoms with Crippen LogP contribution in [0.15, 0.2) is 134 Å². The molecule has 322 valence electrons. The fraction of sp³-hybridized carbons (Fsp3) is 0.519. The van der Waals surface area contributed by atoms with Crippen molar-refractivity contribution in [3.05, 3.63) is 134 Å². The van der Waals surface area contributed by atoms with Gasteiger partial charge in [0.15, 0.2) is 6.10 Å². The zero-order chi connectivity index (χ0) is 42.3. The van der Waals surface area contributed by atoms with Gasteiger partial charge in [-0.05, 0) is 77.0 Å². The van der Waals surface area contributed by atoms with Crippen LogP contribution >= 0.6 is 0 Å². The van der Waals surface area contributed by atoms with Crippen molar-refractivity contribution in [2.75, 3.05) is 13.2 Å². The zero-order valence-electron chi connectivity index (χ0n) is 36.5. The first kappa shape index (κ1) is 53.6. The van der Waals surface area contributed by atoms with Crippen molar-refractivity contribution in [3.8, 4) is 0 Å². The highest BCUT2D eigenvalue weighted by molar-refractivity contribution is 5.71. The van der Waals surface area contributed by atoms with E-state index in [4.69, 9.17) is 14.2 Å². The molecule has 6 nitrogen and oxygen atoms in total. The van der Waals surface area contributed by atoms with E-state index in [1.165, 1.54) is 25.7 Å². The molecule has 0 aromatic carbocycles. The zero-order valence-corrected chi connectivity index (χ0v) is 36.5. The van der Waals surface area contributed by atoms with Crippen LogP contribution in [0.25, 0.3) is 0 Å². The highest BCUT2D eigenvalue weighted by Crippen LogP contribution is 2.12. The lowest BCUT2D eigenvalue weighted by molar-refractivity contribution is -0.167. The van der Waals surface area contributed by atoms with E-state index in [0.29, 0.717) is 12.8 Å². The molecule has 0 fully saturated rings. The van der Waals surface area contributed by atoms with Crippen LogP contribution in [0.4, 0.5) is 0 Å². The molecule has 0 heterocycles. The van der Waals surface area contributed by atoms with Crippen LogP contribution in [-0.2, 0) is 28.6 Å². The van der Waals surface area contributed by atoms with Gasteiger partial charge in [0.25, 0.3) is 0 Å². The number of carbonyl (C=O) groups excluding carboxylic acids is 3. The summed E-state index contributed by atoms with van der Waals surface area (Å²) < 4.78 is 16.6. The normalized spacial score (nSPS) is 13.4. The van der Waals surface area contributed by atoms with Crippen molar-refractivity contribution >= 4 is 17.9 Å². The lowest BCUT2D eigenvalue weighted by Gasteiger charge is -2.18. The Morgan fingerprint density at radius 3 is 1.22 bits per heavy atom. The summed E-state index contributed by atoms with van der Waals surface area (Å²) in [4.78, 5) is 37.7. The summed E-state index contributed by atoms with van der Waals surface area (Å²) in [5, 5.41) is 0. The third-order valence-corrected chi connectivity index (χ3v) is 8.60. The minimum Gasteiger partial charge on any atom is -0.462 e. The lowest BCUT2D eigenvalue weighted by Crippen LogP contribution is -2.30. The molecule has 0 rings (SSSR count). The number of carbonyl (C=O) groups is 3. The first-order chi connectivity index (χ1) is 28.5. The Kier molecular flexibility index (Phi) is 41.8. The molecule has 1 atom stereocenters. The number of ether oxygens (including phenoxy) is 3. The molecule has 0 spiro atoms. The number of hydrogen-bond acceptors (Lipinski definition) is 6. The van der Waals surface area contributed by atoms with Crippen LogP contribution in [0.5, 0.6) is 0 Å². The van der Waals surface area contributed by atoms with Crippen LogP contribution in [0, 0.1) is 0 Å². The maximum absolute atomic E-state index is 12.7. The fourth-order valence-corrected chi connectivity index (χ4v) is 5.34. The van der Waals surface area contributed by atoms with E-state index in [9.17, 15) is 14.4 Å². The molecule has 0 amide bonds. The van der Waals surface area contributed by atoms with Crippen LogP contribution in [-0.4, -0.2) is 37.2 Å². The van der Waals surface area contributed by atoms with Gasteiger partial charge in [0.05, 0.1) is 0 Å². The molecule has 58 heavy (non-hydrogen) atoms. The second kappa shape index (κ2) is 45.3. The molecule has 0 aromatic heterocycles. The van der Waals surface area contributed by atoms with Crippen molar-refractivity contribution in [1.82, 2.24) is 0 Å². The van der Waals surface area contributed by atoms with E-state index in [0.717, 1.165) is 83.5 Å². The average Bonchev–Trinajstić information content (AvgIpc) is 3.22. The molecule has 0 bridgehead atoms. The van der Waals surface area contributed by atoms with Gasteiger partial charge in [-0.2, -0.15) is 0 Å². The van der Waals surface area contributed by atoms with E-state index in [2.05, 4.69) is 63.3 Å². The predicted molar refractivity (Wildman–Crippen MR) is 246 cm³/mol. The summed E-state index contributed by atoms with van der Waals surface area (Å²) in [5.41, 5.74) is 0. The highest BCUT2D eigenvalue weighted by atomic mass is 16.6. The van der Waals surface area contributed by atoms with E-state index < -0.39 is 12.1 Å². The van der Waals surface area contributed by atoms with E-state index in [1.54, 1.807) is 0 Å². The van der Waals surface area contributed by atoms with Gasteiger partial charge >= 0.3 is 17.9 Å². The Labute approximate surface area is 354 Å². The first-order valence-electron chi connectivity index (χ1n) is 22.3. The summed E-state index contributed by atoms with van der Waals surface area (Å²) in [6.07, 6.45) is 63.0. The van der Waals surface area contributed by atoms with Gasteiger partial charge in [0, 0.05) is 19.3 Å². The molecule has 0 aliphatic rings. The van der Waals surface area contributed by atoms with Gasteiger partial charge in [-0.25, -0.2) is 0 Å². The average molecular weight is 799 g/mol. The van der Waals surface area contributed by atoms with Crippen LogP contribution < -0.4 is 0 Å². The summed E-state index contributed by atoms with van der Waals surface area (Å²) in [7, 11) is 0. The minimum atomic E-state index is -0.837. The van der Waals surface area contributed by atoms with Gasteiger partial charge in [-0.3, -0.25) is 14.4 Å². The smallest absolute Gasteiger partial charge is 0.306 e. The predicted octanol–water partition coefficient (Wildman–Crippen LogP) is 14.4. The SMILES string of the molecule is CC/C=C/C=C/C=C/C=C/C=C/CCCC(=O)OC(COC(=O)CCCCC/C=C/C=C/C=C/C=C/CC)COC(=O)CCCCCCCCC/C=C/C/C=C/CC. The Morgan fingerprint density at radius 1 is 0.362 bits per heavy atom. The van der Waals surface area contributed by atoms with Crippen LogP contribution in [0.3, 0.4) is 0 Å². The van der Waals surface area contributed by atoms with Crippen molar-refractivity contribution in [1.29, 1.82) is 0 Å². The minimum absolute atomic E-state index is 0.129. The Morgan fingerprint density at radius 2 is 0.724 bits per heavy atom. The van der Waals surface area contributed by atoms with Crippen molar-refractivity contribution in [2.45, 2.75) is 162 Å². The summed E-state index contributed by atoms with van der Waals surface area (Å²) in [6, 6.07) is 0. The number of hydrogen-bond donors (Lipinski definition) is 0. The molecule has 6 heteroatoms. The highest BCUT2D eigenvalue weighted by Gasteiger charge is 2.19. The van der Waals surface area contributed by atoms with Gasteiger partial charge in [0.2, 0.25) is 0 Å². The van der Waals surface area contributed by atoms with Gasteiger partial charge in [-0.1, -0.05) is 193 Å². The molecular weight excluding hydrogens is 721 g/mol. The second-order valence-electron chi connectivity index (χ2n) is 14.0. The number of esters is 3. The second-order valence-corrected chi connectivity index (χ2v) is 14.0.